The monoisotopic (exact) mass is 281 g/mol. The number of methoxy groups -OCH3 is 2. The van der Waals surface area contributed by atoms with Gasteiger partial charge in [0, 0.05) is 24.7 Å². The van der Waals surface area contributed by atoms with Gasteiger partial charge in [-0.1, -0.05) is 0 Å². The Kier molecular flexibility index (Phi) is 5.39. The molecule has 0 unspecified atom stereocenters. The van der Waals surface area contributed by atoms with E-state index in [0.29, 0.717) is 23.6 Å². The van der Waals surface area contributed by atoms with Gasteiger partial charge in [-0.15, -0.1) is 0 Å². The zero-order valence-electron chi connectivity index (χ0n) is 12.8. The topological polar surface area (TPSA) is 59.0 Å². The number of rotatable bonds is 6. The van der Waals surface area contributed by atoms with E-state index in [4.69, 9.17) is 9.47 Å². The van der Waals surface area contributed by atoms with Crippen LogP contribution < -0.4 is 9.47 Å². The van der Waals surface area contributed by atoms with E-state index in [9.17, 15) is 9.90 Å². The number of nitrogens with zero attached hydrogens (tertiary/aromatic N) is 1. The fourth-order valence-electron chi connectivity index (χ4n) is 1.91. The van der Waals surface area contributed by atoms with Crippen molar-refractivity contribution in [2.75, 3.05) is 27.3 Å². The van der Waals surface area contributed by atoms with Crippen LogP contribution in [0.4, 0.5) is 0 Å². The number of aliphatic hydroxyl groups is 1. The molecular formula is C15H23NO4. The third-order valence-corrected chi connectivity index (χ3v) is 2.85. The highest BCUT2D eigenvalue weighted by atomic mass is 16.5. The third kappa shape index (κ3) is 4.42. The Morgan fingerprint density at radius 2 is 1.70 bits per heavy atom. The molecule has 20 heavy (non-hydrogen) atoms. The Morgan fingerprint density at radius 3 is 2.05 bits per heavy atom. The Morgan fingerprint density at radius 1 is 1.20 bits per heavy atom. The minimum atomic E-state index is -0.936. The Bertz CT molecular complexity index is 443. The third-order valence-electron chi connectivity index (χ3n) is 2.85. The number of ether oxygens (including phenoxy) is 2. The second-order valence-electron chi connectivity index (χ2n) is 5.23. The molecule has 1 aromatic rings. The molecular weight excluding hydrogens is 258 g/mol. The lowest BCUT2D eigenvalue weighted by Gasteiger charge is -2.28. The first kappa shape index (κ1) is 16.3. The van der Waals surface area contributed by atoms with Gasteiger partial charge in [-0.2, -0.15) is 0 Å². The highest BCUT2D eigenvalue weighted by molar-refractivity contribution is 5.95. The molecule has 1 amide bonds. The van der Waals surface area contributed by atoms with Crippen molar-refractivity contribution in [2.24, 2.45) is 0 Å². The number of carbonyl (C=O) groups is 1. The molecule has 1 N–H and O–H groups in total. The summed E-state index contributed by atoms with van der Waals surface area (Å²) in [6.45, 7) is 6.01. The Labute approximate surface area is 120 Å². The van der Waals surface area contributed by atoms with Crippen LogP contribution in [0, 0.1) is 0 Å². The van der Waals surface area contributed by atoms with Crippen molar-refractivity contribution < 1.29 is 19.4 Å². The van der Waals surface area contributed by atoms with E-state index in [0.717, 1.165) is 0 Å². The molecule has 112 valence electrons. The van der Waals surface area contributed by atoms with Crippen LogP contribution in [0.25, 0.3) is 0 Å². The standard InChI is InChI=1S/C15H23NO4/c1-6-16(10-15(2,3)18)14(17)11-7-12(19-4)9-13(8-11)20-5/h7-9,18H,6,10H2,1-5H3. The van der Waals surface area contributed by atoms with Crippen LogP contribution in [0.3, 0.4) is 0 Å². The molecule has 0 aromatic heterocycles. The SMILES string of the molecule is CCN(CC(C)(C)O)C(=O)c1cc(OC)cc(OC)c1. The summed E-state index contributed by atoms with van der Waals surface area (Å²) in [4.78, 5) is 14.1. The summed E-state index contributed by atoms with van der Waals surface area (Å²) in [5, 5.41) is 9.87. The highest BCUT2D eigenvalue weighted by Gasteiger charge is 2.23. The molecule has 1 rings (SSSR count). The molecule has 5 nitrogen and oxygen atoms in total. The van der Waals surface area contributed by atoms with Gasteiger partial charge in [0.25, 0.3) is 5.91 Å². The Hall–Kier alpha value is -1.75. The number of hydrogen-bond acceptors (Lipinski definition) is 4. The molecule has 5 heteroatoms. The van der Waals surface area contributed by atoms with Crippen molar-refractivity contribution in [3.63, 3.8) is 0 Å². The summed E-state index contributed by atoms with van der Waals surface area (Å²) in [6, 6.07) is 5.04. The van der Waals surface area contributed by atoms with Crippen molar-refractivity contribution in [1.29, 1.82) is 0 Å². The van der Waals surface area contributed by atoms with Crippen LogP contribution >= 0.6 is 0 Å². The molecule has 0 bridgehead atoms. The fraction of sp³-hybridized carbons (Fsp3) is 0.533. The molecule has 0 saturated carbocycles. The first-order valence-corrected chi connectivity index (χ1v) is 6.55. The van der Waals surface area contributed by atoms with Gasteiger partial charge in [-0.05, 0) is 32.9 Å². The Balaban J connectivity index is 3.05. The van der Waals surface area contributed by atoms with Crippen molar-refractivity contribution in [3.05, 3.63) is 23.8 Å². The summed E-state index contributed by atoms with van der Waals surface area (Å²) in [7, 11) is 3.08. The van der Waals surface area contributed by atoms with Gasteiger partial charge in [0.1, 0.15) is 11.5 Å². The smallest absolute Gasteiger partial charge is 0.254 e. The minimum Gasteiger partial charge on any atom is -0.497 e. The lowest BCUT2D eigenvalue weighted by atomic mass is 10.1. The maximum absolute atomic E-state index is 12.5. The van der Waals surface area contributed by atoms with E-state index in [1.165, 1.54) is 14.2 Å². The first-order chi connectivity index (χ1) is 9.30. The van der Waals surface area contributed by atoms with Crippen LogP contribution in [0.2, 0.25) is 0 Å². The second-order valence-corrected chi connectivity index (χ2v) is 5.23. The maximum Gasteiger partial charge on any atom is 0.254 e. The summed E-state index contributed by atoms with van der Waals surface area (Å²) in [5.41, 5.74) is -0.457. The van der Waals surface area contributed by atoms with Crippen LogP contribution in [-0.4, -0.2) is 48.8 Å². The van der Waals surface area contributed by atoms with E-state index in [1.54, 1.807) is 36.9 Å². The molecule has 1 aromatic carbocycles. The van der Waals surface area contributed by atoms with Crippen molar-refractivity contribution >= 4 is 5.91 Å². The van der Waals surface area contributed by atoms with E-state index in [-0.39, 0.29) is 12.5 Å². The molecule has 0 heterocycles. The normalized spacial score (nSPS) is 11.1. The average molecular weight is 281 g/mol. The van der Waals surface area contributed by atoms with Gasteiger partial charge in [0.15, 0.2) is 0 Å². The summed E-state index contributed by atoms with van der Waals surface area (Å²) in [6.07, 6.45) is 0. The predicted octanol–water partition coefficient (Wildman–Crippen LogP) is 1.94. The van der Waals surface area contributed by atoms with E-state index >= 15 is 0 Å². The molecule has 0 aliphatic carbocycles. The van der Waals surface area contributed by atoms with Gasteiger partial charge in [-0.25, -0.2) is 0 Å². The van der Waals surface area contributed by atoms with Crippen LogP contribution in [0.1, 0.15) is 31.1 Å². The quantitative estimate of drug-likeness (QED) is 0.865. The number of carbonyl (C=O) groups excluding carboxylic acids is 1. The minimum absolute atomic E-state index is 0.160. The summed E-state index contributed by atoms with van der Waals surface area (Å²) in [5.74, 6) is 0.964. The summed E-state index contributed by atoms with van der Waals surface area (Å²) >= 11 is 0. The van der Waals surface area contributed by atoms with Gasteiger partial charge < -0.3 is 19.5 Å². The van der Waals surface area contributed by atoms with Gasteiger partial charge >= 0.3 is 0 Å². The first-order valence-electron chi connectivity index (χ1n) is 6.55. The van der Waals surface area contributed by atoms with Crippen molar-refractivity contribution in [2.45, 2.75) is 26.4 Å². The molecule has 0 saturated heterocycles. The highest BCUT2D eigenvalue weighted by Crippen LogP contribution is 2.23. The second kappa shape index (κ2) is 6.61. The molecule has 0 aliphatic heterocycles. The van der Waals surface area contributed by atoms with Crippen LogP contribution in [0.5, 0.6) is 11.5 Å². The largest absolute Gasteiger partial charge is 0.497 e. The van der Waals surface area contributed by atoms with Gasteiger partial charge in [0.05, 0.1) is 19.8 Å². The summed E-state index contributed by atoms with van der Waals surface area (Å²) < 4.78 is 10.3. The number of hydrogen-bond donors (Lipinski definition) is 1. The van der Waals surface area contributed by atoms with Crippen molar-refractivity contribution in [1.82, 2.24) is 4.90 Å². The average Bonchev–Trinajstić information content (AvgIpc) is 2.42. The number of benzene rings is 1. The van der Waals surface area contributed by atoms with E-state index in [1.807, 2.05) is 6.92 Å². The molecule has 0 spiro atoms. The van der Waals surface area contributed by atoms with Crippen molar-refractivity contribution in [3.8, 4) is 11.5 Å². The molecule has 0 fully saturated rings. The van der Waals surface area contributed by atoms with Crippen LogP contribution in [0.15, 0.2) is 18.2 Å². The molecule has 0 aliphatic rings. The van der Waals surface area contributed by atoms with E-state index < -0.39 is 5.60 Å². The fourth-order valence-corrected chi connectivity index (χ4v) is 1.91. The zero-order valence-corrected chi connectivity index (χ0v) is 12.8. The molecule has 0 radical (unpaired) electrons. The number of likely N-dealkylation sites (N-methyl/N-ethyl adjacent to an activating group) is 1. The maximum atomic E-state index is 12.5. The zero-order chi connectivity index (χ0) is 15.3. The van der Waals surface area contributed by atoms with E-state index in [2.05, 4.69) is 0 Å². The lowest BCUT2D eigenvalue weighted by Crippen LogP contribution is -2.42. The lowest BCUT2D eigenvalue weighted by molar-refractivity contribution is 0.0314. The van der Waals surface area contributed by atoms with Crippen LogP contribution in [-0.2, 0) is 0 Å². The number of amides is 1. The van der Waals surface area contributed by atoms with Gasteiger partial charge in [-0.3, -0.25) is 4.79 Å². The predicted molar refractivity (Wildman–Crippen MR) is 77.4 cm³/mol. The molecule has 0 atom stereocenters. The van der Waals surface area contributed by atoms with Gasteiger partial charge in [0.2, 0.25) is 0 Å².